The molecule has 0 aliphatic carbocycles. The number of aryl methyl sites for hydroxylation is 1. The smallest absolute Gasteiger partial charge is 0.374 e. The van der Waals surface area contributed by atoms with Gasteiger partial charge in [0.15, 0.2) is 0 Å². The van der Waals surface area contributed by atoms with Crippen LogP contribution < -0.4 is 0 Å². The van der Waals surface area contributed by atoms with Crippen molar-refractivity contribution >= 4 is 11.9 Å². The van der Waals surface area contributed by atoms with E-state index in [1.165, 1.54) is 18.5 Å². The molecule has 2 heterocycles. The van der Waals surface area contributed by atoms with Crippen LogP contribution in [0.2, 0.25) is 0 Å². The van der Waals surface area contributed by atoms with E-state index in [0.29, 0.717) is 11.3 Å². The first-order chi connectivity index (χ1) is 9.80. The monoisotopic (exact) mass is 299 g/mol. The topological polar surface area (TPSA) is 46.8 Å². The fraction of sp³-hybridized carbons (Fsp3) is 0.500. The number of rotatable bonds is 3. The van der Waals surface area contributed by atoms with Crippen molar-refractivity contribution in [2.45, 2.75) is 32.0 Å². The number of halogens is 3. The van der Waals surface area contributed by atoms with Gasteiger partial charge in [-0.15, -0.1) is 0 Å². The zero-order chi connectivity index (χ0) is 15.7. The second-order valence-electron chi connectivity index (χ2n) is 5.12. The highest BCUT2D eigenvalue weighted by Crippen LogP contribution is 2.48. The quantitative estimate of drug-likeness (QED) is 0.804. The lowest BCUT2D eigenvalue weighted by molar-refractivity contribution is -0.276. The van der Waals surface area contributed by atoms with E-state index >= 15 is 0 Å². The highest BCUT2D eigenvalue weighted by molar-refractivity contribution is 5.99. The molecule has 2 atom stereocenters. The number of aliphatic imine (C=N–C) groups is 1. The molecule has 2 rings (SSSR count). The molecule has 0 spiro atoms. The van der Waals surface area contributed by atoms with E-state index in [-0.39, 0.29) is 17.9 Å². The Bertz CT molecular complexity index is 583. The van der Waals surface area contributed by atoms with Gasteiger partial charge in [-0.3, -0.25) is 4.98 Å². The molecule has 0 saturated carbocycles. The summed E-state index contributed by atoms with van der Waals surface area (Å²) < 4.78 is 40.8. The van der Waals surface area contributed by atoms with Crippen molar-refractivity contribution in [3.05, 3.63) is 29.6 Å². The lowest BCUT2D eigenvalue weighted by Gasteiger charge is -2.29. The van der Waals surface area contributed by atoms with Crippen LogP contribution >= 0.6 is 0 Å². The zero-order valence-corrected chi connectivity index (χ0v) is 12.0. The fourth-order valence-corrected chi connectivity index (χ4v) is 2.26. The number of alkyl halides is 3. The Hall–Kier alpha value is -1.92. The molecule has 1 aliphatic heterocycles. The minimum Gasteiger partial charge on any atom is -0.374 e. The molecule has 2 unspecified atom stereocenters. The summed E-state index contributed by atoms with van der Waals surface area (Å²) >= 11 is 0. The first-order valence-corrected chi connectivity index (χ1v) is 6.46. The minimum absolute atomic E-state index is 0.0330. The molecule has 1 aliphatic rings. The molecule has 1 aromatic rings. The average Bonchev–Trinajstić information content (AvgIpc) is 2.85. The number of nitrogens with zero attached hydrogens (tertiary/aromatic N) is 3. The van der Waals surface area contributed by atoms with Crippen molar-refractivity contribution in [2.24, 2.45) is 16.1 Å². The van der Waals surface area contributed by atoms with Gasteiger partial charge in [0.1, 0.15) is 0 Å². The van der Waals surface area contributed by atoms with Crippen LogP contribution in [0, 0.1) is 12.8 Å². The second kappa shape index (κ2) is 5.46. The Labute approximate surface area is 120 Å². The fourth-order valence-electron chi connectivity index (χ4n) is 2.26. The van der Waals surface area contributed by atoms with Crippen LogP contribution in [0.15, 0.2) is 28.6 Å². The molecule has 114 valence electrons. The van der Waals surface area contributed by atoms with Crippen LogP contribution in [-0.2, 0) is 10.4 Å². The molecule has 4 nitrogen and oxygen atoms in total. The number of hydrogen-bond acceptors (Lipinski definition) is 4. The van der Waals surface area contributed by atoms with Gasteiger partial charge in [-0.1, -0.05) is 12.1 Å². The first kappa shape index (κ1) is 15.5. The summed E-state index contributed by atoms with van der Waals surface area (Å²) in [7, 11) is 1.56. The normalized spacial score (nSPS) is 24.0. The SMILES string of the molecule is CN=CC(C)C1=NOC(c2cncc(C)c2)(C(F)(F)F)C1. The van der Waals surface area contributed by atoms with Crippen molar-refractivity contribution in [3.63, 3.8) is 0 Å². The Kier molecular flexibility index (Phi) is 4.02. The third-order valence-corrected chi connectivity index (χ3v) is 3.45. The minimum atomic E-state index is -4.59. The van der Waals surface area contributed by atoms with E-state index in [0.717, 1.165) is 0 Å². The molecule has 0 N–H and O–H groups in total. The van der Waals surface area contributed by atoms with Gasteiger partial charge in [-0.2, -0.15) is 13.2 Å². The van der Waals surface area contributed by atoms with Crippen molar-refractivity contribution < 1.29 is 18.0 Å². The van der Waals surface area contributed by atoms with E-state index < -0.39 is 11.8 Å². The van der Waals surface area contributed by atoms with E-state index in [1.807, 2.05) is 0 Å². The summed E-state index contributed by atoms with van der Waals surface area (Å²) in [5.41, 5.74) is -1.54. The molecule has 0 fully saturated rings. The molecular weight excluding hydrogens is 283 g/mol. The van der Waals surface area contributed by atoms with Crippen LogP contribution in [0.3, 0.4) is 0 Å². The number of hydrogen-bond donors (Lipinski definition) is 0. The van der Waals surface area contributed by atoms with Crippen molar-refractivity contribution in [1.29, 1.82) is 0 Å². The molecule has 21 heavy (non-hydrogen) atoms. The van der Waals surface area contributed by atoms with Crippen LogP contribution in [-0.4, -0.2) is 30.1 Å². The predicted molar refractivity (Wildman–Crippen MR) is 73.4 cm³/mol. The van der Waals surface area contributed by atoms with Gasteiger partial charge in [0, 0.05) is 43.6 Å². The van der Waals surface area contributed by atoms with Crippen LogP contribution in [0.1, 0.15) is 24.5 Å². The van der Waals surface area contributed by atoms with E-state index in [1.54, 1.807) is 27.1 Å². The van der Waals surface area contributed by atoms with E-state index in [2.05, 4.69) is 15.1 Å². The Morgan fingerprint density at radius 2 is 2.14 bits per heavy atom. The largest absolute Gasteiger partial charge is 0.435 e. The maximum atomic E-state index is 13.6. The zero-order valence-electron chi connectivity index (χ0n) is 12.0. The summed E-state index contributed by atoms with van der Waals surface area (Å²) in [6, 6.07) is 1.43. The average molecular weight is 299 g/mol. The highest BCUT2D eigenvalue weighted by Gasteiger charge is 2.62. The standard InChI is InChI=1S/C14H16F3N3O/c1-9-4-11(8-19-6-9)13(14(15,16)17)5-12(20-21-13)10(2)7-18-3/h4,6-8,10H,5H2,1-3H3. The highest BCUT2D eigenvalue weighted by atomic mass is 19.4. The predicted octanol–water partition coefficient (Wildman–Crippen LogP) is 3.26. The van der Waals surface area contributed by atoms with Gasteiger partial charge in [0.05, 0.1) is 5.71 Å². The van der Waals surface area contributed by atoms with Crippen molar-refractivity contribution in [1.82, 2.24) is 4.98 Å². The molecule has 0 aromatic carbocycles. The Morgan fingerprint density at radius 1 is 1.43 bits per heavy atom. The molecule has 0 amide bonds. The first-order valence-electron chi connectivity index (χ1n) is 6.46. The van der Waals surface area contributed by atoms with Gasteiger partial charge in [0.2, 0.25) is 0 Å². The summed E-state index contributed by atoms with van der Waals surface area (Å²) in [5.74, 6) is -0.308. The Balaban J connectivity index is 2.40. The summed E-state index contributed by atoms with van der Waals surface area (Å²) in [6.07, 6.45) is -0.719. The second-order valence-corrected chi connectivity index (χ2v) is 5.12. The maximum Gasteiger partial charge on any atom is 0.435 e. The van der Waals surface area contributed by atoms with E-state index in [9.17, 15) is 13.2 Å². The summed E-state index contributed by atoms with van der Waals surface area (Å²) in [5, 5.41) is 3.66. The van der Waals surface area contributed by atoms with Gasteiger partial charge in [-0.25, -0.2) is 0 Å². The van der Waals surface area contributed by atoms with Crippen LogP contribution in [0.25, 0.3) is 0 Å². The third kappa shape index (κ3) is 2.77. The van der Waals surface area contributed by atoms with Gasteiger partial charge >= 0.3 is 6.18 Å². The molecule has 0 bridgehead atoms. The summed E-state index contributed by atoms with van der Waals surface area (Å²) in [4.78, 5) is 12.5. The summed E-state index contributed by atoms with van der Waals surface area (Å²) in [6.45, 7) is 3.42. The number of pyridine rings is 1. The molecular formula is C14H16F3N3O. The van der Waals surface area contributed by atoms with Crippen LogP contribution in [0.4, 0.5) is 13.2 Å². The maximum absolute atomic E-state index is 13.6. The van der Waals surface area contributed by atoms with Gasteiger partial charge in [-0.05, 0) is 18.6 Å². The van der Waals surface area contributed by atoms with Crippen molar-refractivity contribution in [2.75, 3.05) is 7.05 Å². The van der Waals surface area contributed by atoms with Crippen molar-refractivity contribution in [3.8, 4) is 0 Å². The van der Waals surface area contributed by atoms with E-state index in [4.69, 9.17) is 4.84 Å². The van der Waals surface area contributed by atoms with Gasteiger partial charge in [0.25, 0.3) is 5.60 Å². The number of oxime groups is 1. The lowest BCUT2D eigenvalue weighted by atomic mass is 9.86. The molecule has 7 heteroatoms. The van der Waals surface area contributed by atoms with Gasteiger partial charge < -0.3 is 9.83 Å². The Morgan fingerprint density at radius 3 is 2.71 bits per heavy atom. The molecule has 1 aromatic heterocycles. The third-order valence-electron chi connectivity index (χ3n) is 3.45. The lowest BCUT2D eigenvalue weighted by Crippen LogP contribution is -2.43. The van der Waals surface area contributed by atoms with Crippen LogP contribution in [0.5, 0.6) is 0 Å². The number of aromatic nitrogens is 1. The molecule has 0 saturated heterocycles. The molecule has 0 radical (unpaired) electrons.